The molecule has 0 unspecified atom stereocenters. The van der Waals surface area contributed by atoms with Gasteiger partial charge in [0.25, 0.3) is 0 Å². The molecule has 1 saturated carbocycles. The predicted molar refractivity (Wildman–Crippen MR) is 124 cm³/mol. The maximum atomic E-state index is 6.09. The molecule has 0 radical (unpaired) electrons. The monoisotopic (exact) mass is 406 g/mol. The topological polar surface area (TPSA) is 18.5 Å². The summed E-state index contributed by atoms with van der Waals surface area (Å²) < 4.78 is 12.2. The lowest BCUT2D eigenvalue weighted by molar-refractivity contribution is -0.191. The molecular weight excluding hydrogens is 368 g/mol. The molecule has 1 aliphatic carbocycles. The van der Waals surface area contributed by atoms with Gasteiger partial charge in [0, 0.05) is 11.5 Å². The summed E-state index contributed by atoms with van der Waals surface area (Å²) in [6.07, 6.45) is 10.4. The Kier molecular flexibility index (Phi) is 7.62. The van der Waals surface area contributed by atoms with E-state index in [0.717, 1.165) is 37.0 Å². The summed E-state index contributed by atoms with van der Waals surface area (Å²) in [7, 11) is 0. The van der Waals surface area contributed by atoms with Crippen molar-refractivity contribution in [2.75, 3.05) is 13.2 Å². The Balaban J connectivity index is 1.29. The molecule has 1 heterocycles. The first-order chi connectivity index (χ1) is 14.8. The number of aryl methyl sites for hydroxylation is 1. The average molecular weight is 407 g/mol. The van der Waals surface area contributed by atoms with Crippen molar-refractivity contribution in [3.63, 3.8) is 0 Å². The molecule has 0 bridgehead atoms. The number of rotatable bonds is 7. The molecule has 0 spiro atoms. The summed E-state index contributed by atoms with van der Waals surface area (Å²) in [6, 6.07) is 18.0. The molecule has 2 aromatic rings. The molecule has 2 fully saturated rings. The van der Waals surface area contributed by atoms with E-state index in [1.807, 2.05) is 0 Å². The highest BCUT2D eigenvalue weighted by molar-refractivity contribution is 5.29. The summed E-state index contributed by atoms with van der Waals surface area (Å²) in [4.78, 5) is 0. The van der Waals surface area contributed by atoms with Crippen molar-refractivity contribution in [2.45, 2.75) is 83.3 Å². The van der Waals surface area contributed by atoms with Crippen molar-refractivity contribution in [3.05, 3.63) is 70.8 Å². The van der Waals surface area contributed by atoms with Gasteiger partial charge in [-0.2, -0.15) is 0 Å². The maximum Gasteiger partial charge on any atom is 0.183 e. The molecule has 4 rings (SSSR count). The van der Waals surface area contributed by atoms with E-state index in [1.165, 1.54) is 61.6 Å². The second-order valence-electron chi connectivity index (χ2n) is 9.36. The van der Waals surface area contributed by atoms with Crippen LogP contribution in [0.3, 0.4) is 0 Å². The van der Waals surface area contributed by atoms with Gasteiger partial charge >= 0.3 is 0 Å². The van der Waals surface area contributed by atoms with Gasteiger partial charge in [0.05, 0.1) is 13.2 Å². The Hall–Kier alpha value is -1.64. The molecular formula is C28H38O2. The van der Waals surface area contributed by atoms with Crippen LogP contribution in [0.1, 0.15) is 99.2 Å². The van der Waals surface area contributed by atoms with Gasteiger partial charge in [-0.3, -0.25) is 0 Å². The highest BCUT2D eigenvalue weighted by atomic mass is 16.7. The smallest absolute Gasteiger partial charge is 0.183 e. The van der Waals surface area contributed by atoms with Crippen LogP contribution in [-0.2, 0) is 15.9 Å². The first-order valence-electron chi connectivity index (χ1n) is 12.2. The first-order valence-corrected chi connectivity index (χ1v) is 12.2. The van der Waals surface area contributed by atoms with E-state index in [2.05, 4.69) is 62.4 Å². The van der Waals surface area contributed by atoms with Crippen LogP contribution in [0.15, 0.2) is 48.5 Å². The standard InChI is InChI=1S/C28H38O2/c1-3-5-21-7-11-23(12-8-21)24-15-17-25(18-16-24)27-19-29-28(30-20-27)26-13-9-22(6-4-2)10-14-26/h9-10,13-18,21,23,27-28H,3-8,11-12,19-20H2,1-2H3/t21-,23-,27?,28?. The lowest BCUT2D eigenvalue weighted by Crippen LogP contribution is -2.25. The van der Waals surface area contributed by atoms with E-state index in [-0.39, 0.29) is 6.29 Å². The first kappa shape index (κ1) is 21.6. The summed E-state index contributed by atoms with van der Waals surface area (Å²) in [5.41, 5.74) is 5.38. The fourth-order valence-corrected chi connectivity index (χ4v) is 5.25. The largest absolute Gasteiger partial charge is 0.348 e. The van der Waals surface area contributed by atoms with Gasteiger partial charge in [-0.05, 0) is 60.6 Å². The van der Waals surface area contributed by atoms with Crippen molar-refractivity contribution in [1.82, 2.24) is 0 Å². The fraction of sp³-hybridized carbons (Fsp3) is 0.571. The Bertz CT molecular complexity index is 748. The van der Waals surface area contributed by atoms with Crippen LogP contribution >= 0.6 is 0 Å². The highest BCUT2D eigenvalue weighted by Crippen LogP contribution is 2.38. The molecule has 0 amide bonds. The molecule has 30 heavy (non-hydrogen) atoms. The fourth-order valence-electron chi connectivity index (χ4n) is 5.25. The third kappa shape index (κ3) is 5.34. The second-order valence-corrected chi connectivity index (χ2v) is 9.36. The zero-order valence-corrected chi connectivity index (χ0v) is 18.8. The Labute approximate surface area is 183 Å². The molecule has 2 aliphatic rings. The van der Waals surface area contributed by atoms with E-state index in [1.54, 1.807) is 0 Å². The van der Waals surface area contributed by atoms with E-state index in [0.29, 0.717) is 5.92 Å². The SMILES string of the molecule is CCCc1ccc(C2OCC(c3ccc([C@H]4CC[C@H](CCC)CC4)cc3)CO2)cc1. The highest BCUT2D eigenvalue weighted by Gasteiger charge is 2.26. The zero-order chi connectivity index (χ0) is 20.8. The lowest BCUT2D eigenvalue weighted by Gasteiger charge is -2.31. The van der Waals surface area contributed by atoms with Crippen LogP contribution in [0.5, 0.6) is 0 Å². The number of ether oxygens (including phenoxy) is 2. The molecule has 1 aliphatic heterocycles. The zero-order valence-electron chi connectivity index (χ0n) is 18.8. The molecule has 0 N–H and O–H groups in total. The minimum atomic E-state index is -0.227. The second kappa shape index (κ2) is 10.6. The Morgan fingerprint density at radius 3 is 1.80 bits per heavy atom. The van der Waals surface area contributed by atoms with Gasteiger partial charge in [-0.1, -0.05) is 81.6 Å². The molecule has 1 saturated heterocycles. The van der Waals surface area contributed by atoms with Crippen LogP contribution in [0, 0.1) is 5.92 Å². The maximum absolute atomic E-state index is 6.09. The average Bonchev–Trinajstić information content (AvgIpc) is 2.81. The van der Waals surface area contributed by atoms with Crippen molar-refractivity contribution in [3.8, 4) is 0 Å². The van der Waals surface area contributed by atoms with Crippen molar-refractivity contribution < 1.29 is 9.47 Å². The van der Waals surface area contributed by atoms with Crippen LogP contribution in [0.4, 0.5) is 0 Å². The third-order valence-corrected chi connectivity index (χ3v) is 7.11. The molecule has 0 aromatic heterocycles. The van der Waals surface area contributed by atoms with Gasteiger partial charge < -0.3 is 9.47 Å². The molecule has 2 nitrogen and oxygen atoms in total. The molecule has 162 valence electrons. The molecule has 2 heteroatoms. The quantitative estimate of drug-likeness (QED) is 0.473. The Morgan fingerprint density at radius 2 is 1.23 bits per heavy atom. The van der Waals surface area contributed by atoms with E-state index >= 15 is 0 Å². The van der Waals surface area contributed by atoms with Crippen molar-refractivity contribution in [1.29, 1.82) is 0 Å². The summed E-state index contributed by atoms with van der Waals surface area (Å²) in [5.74, 6) is 2.05. The van der Waals surface area contributed by atoms with E-state index in [9.17, 15) is 0 Å². The number of benzene rings is 2. The van der Waals surface area contributed by atoms with E-state index < -0.39 is 0 Å². The lowest BCUT2D eigenvalue weighted by atomic mass is 9.77. The normalized spacial score (nSPS) is 27.1. The van der Waals surface area contributed by atoms with Crippen LogP contribution in [0.25, 0.3) is 0 Å². The minimum Gasteiger partial charge on any atom is -0.348 e. The number of hydrogen-bond acceptors (Lipinski definition) is 2. The Morgan fingerprint density at radius 1 is 0.667 bits per heavy atom. The van der Waals surface area contributed by atoms with Crippen LogP contribution < -0.4 is 0 Å². The minimum absolute atomic E-state index is 0.227. The van der Waals surface area contributed by atoms with Gasteiger partial charge in [0.1, 0.15) is 0 Å². The van der Waals surface area contributed by atoms with Gasteiger partial charge in [-0.15, -0.1) is 0 Å². The van der Waals surface area contributed by atoms with Gasteiger partial charge in [-0.25, -0.2) is 0 Å². The van der Waals surface area contributed by atoms with Crippen molar-refractivity contribution >= 4 is 0 Å². The van der Waals surface area contributed by atoms with Gasteiger partial charge in [0.15, 0.2) is 6.29 Å². The predicted octanol–water partition coefficient (Wildman–Crippen LogP) is 7.54. The number of hydrogen-bond donors (Lipinski definition) is 0. The van der Waals surface area contributed by atoms with Crippen LogP contribution in [-0.4, -0.2) is 13.2 Å². The third-order valence-electron chi connectivity index (χ3n) is 7.11. The molecule has 2 aromatic carbocycles. The van der Waals surface area contributed by atoms with Crippen LogP contribution in [0.2, 0.25) is 0 Å². The van der Waals surface area contributed by atoms with E-state index in [4.69, 9.17) is 9.47 Å². The molecule has 0 atom stereocenters. The van der Waals surface area contributed by atoms with Crippen molar-refractivity contribution in [2.24, 2.45) is 5.92 Å². The summed E-state index contributed by atoms with van der Waals surface area (Å²) >= 11 is 0. The summed E-state index contributed by atoms with van der Waals surface area (Å²) in [5, 5.41) is 0. The summed E-state index contributed by atoms with van der Waals surface area (Å²) in [6.45, 7) is 5.98. The van der Waals surface area contributed by atoms with Gasteiger partial charge in [0.2, 0.25) is 0 Å².